The number of esters is 2. The van der Waals surface area contributed by atoms with Crippen LogP contribution < -0.4 is 9.47 Å². The lowest BCUT2D eigenvalue weighted by Crippen LogP contribution is -2.29. The molecule has 0 saturated carbocycles. The number of alkyl halides is 3. The van der Waals surface area contributed by atoms with Gasteiger partial charge in [-0.25, -0.2) is 9.59 Å². The zero-order chi connectivity index (χ0) is 33.7. The van der Waals surface area contributed by atoms with Gasteiger partial charge in [-0.3, -0.25) is 4.79 Å². The van der Waals surface area contributed by atoms with E-state index in [-0.39, 0.29) is 24.6 Å². The molecular weight excluding hydrogens is 593 g/mol. The SMILES string of the molecule is COC(=O)Cc1cccc(-c2ccc(OCc3ccc(C(F)(F)F)c(OC(=O)OC(C)(C)C)c3C(=O)OC(C)(C)C)cc2)c1C. The minimum Gasteiger partial charge on any atom is -0.489 e. The van der Waals surface area contributed by atoms with Crippen LogP contribution in [0.3, 0.4) is 0 Å². The highest BCUT2D eigenvalue weighted by atomic mass is 19.4. The standard InChI is InChI=1S/C34H37F3O8/c1-20-22(18-27(38)41-8)10-9-11-25(20)21-12-15-24(16-13-21)42-19-23-14-17-26(34(35,36)37)29(43-31(40)45-33(5,6)7)28(23)30(39)44-32(2,3)4/h9-17H,18-19H2,1-8H3. The summed E-state index contributed by atoms with van der Waals surface area (Å²) in [5.74, 6) is -2.17. The largest absolute Gasteiger partial charge is 0.514 e. The first-order valence-corrected chi connectivity index (χ1v) is 14.0. The van der Waals surface area contributed by atoms with Crippen LogP contribution in [-0.4, -0.2) is 36.4 Å². The Balaban J connectivity index is 1.98. The third-order valence-electron chi connectivity index (χ3n) is 6.30. The predicted molar refractivity (Wildman–Crippen MR) is 160 cm³/mol. The Morgan fingerprint density at radius 2 is 1.40 bits per heavy atom. The quantitative estimate of drug-likeness (QED) is 0.139. The van der Waals surface area contributed by atoms with Crippen LogP contribution in [0.4, 0.5) is 18.0 Å². The maximum atomic E-state index is 14.1. The van der Waals surface area contributed by atoms with Gasteiger partial charge >= 0.3 is 24.3 Å². The van der Waals surface area contributed by atoms with Gasteiger partial charge in [0.05, 0.1) is 19.1 Å². The molecule has 0 unspecified atom stereocenters. The minimum atomic E-state index is -4.98. The zero-order valence-corrected chi connectivity index (χ0v) is 26.5. The minimum absolute atomic E-state index is 0.00811. The molecule has 0 N–H and O–H groups in total. The number of benzene rings is 3. The maximum Gasteiger partial charge on any atom is 0.514 e. The Morgan fingerprint density at radius 1 is 0.778 bits per heavy atom. The normalized spacial score (nSPS) is 11.9. The summed E-state index contributed by atoms with van der Waals surface area (Å²) in [6, 6.07) is 14.3. The van der Waals surface area contributed by atoms with E-state index in [4.69, 9.17) is 23.7 Å². The molecule has 0 aliphatic carbocycles. The summed E-state index contributed by atoms with van der Waals surface area (Å²) in [7, 11) is 1.33. The summed E-state index contributed by atoms with van der Waals surface area (Å²) in [5.41, 5.74) is -0.671. The van der Waals surface area contributed by atoms with E-state index in [0.717, 1.165) is 28.3 Å². The lowest BCUT2D eigenvalue weighted by atomic mass is 9.95. The molecule has 0 saturated heterocycles. The molecule has 11 heteroatoms. The molecule has 3 aromatic carbocycles. The van der Waals surface area contributed by atoms with E-state index < -0.39 is 46.4 Å². The molecule has 0 aliphatic rings. The molecule has 242 valence electrons. The number of hydrogen-bond donors (Lipinski definition) is 0. The average molecular weight is 631 g/mol. The summed E-state index contributed by atoms with van der Waals surface area (Å²) in [5, 5.41) is 0. The van der Waals surface area contributed by atoms with E-state index in [9.17, 15) is 27.6 Å². The van der Waals surface area contributed by atoms with E-state index >= 15 is 0 Å². The van der Waals surface area contributed by atoms with Gasteiger partial charge in [-0.1, -0.05) is 36.4 Å². The van der Waals surface area contributed by atoms with Crippen molar-refractivity contribution in [1.29, 1.82) is 0 Å². The van der Waals surface area contributed by atoms with Crippen LogP contribution >= 0.6 is 0 Å². The highest BCUT2D eigenvalue weighted by Gasteiger charge is 2.40. The zero-order valence-electron chi connectivity index (χ0n) is 26.5. The third-order valence-corrected chi connectivity index (χ3v) is 6.30. The molecule has 8 nitrogen and oxygen atoms in total. The van der Waals surface area contributed by atoms with Crippen molar-refractivity contribution in [3.05, 3.63) is 82.4 Å². The van der Waals surface area contributed by atoms with E-state index in [0.29, 0.717) is 11.8 Å². The van der Waals surface area contributed by atoms with Crippen LogP contribution in [0.2, 0.25) is 0 Å². The van der Waals surface area contributed by atoms with Gasteiger partial charge in [0.25, 0.3) is 0 Å². The number of rotatable bonds is 8. The summed E-state index contributed by atoms with van der Waals surface area (Å²) in [6.45, 7) is 10.8. The van der Waals surface area contributed by atoms with E-state index in [2.05, 4.69) is 0 Å². The molecule has 3 aromatic rings. The van der Waals surface area contributed by atoms with Gasteiger partial charge in [-0.05, 0) is 88.9 Å². The number of hydrogen-bond acceptors (Lipinski definition) is 8. The van der Waals surface area contributed by atoms with E-state index in [1.54, 1.807) is 45.0 Å². The molecule has 0 aliphatic heterocycles. The van der Waals surface area contributed by atoms with Crippen molar-refractivity contribution in [1.82, 2.24) is 0 Å². The van der Waals surface area contributed by atoms with Gasteiger partial charge in [0.1, 0.15) is 29.1 Å². The van der Waals surface area contributed by atoms with Crippen molar-refractivity contribution >= 4 is 18.1 Å². The van der Waals surface area contributed by atoms with Crippen LogP contribution in [0.25, 0.3) is 11.1 Å². The average Bonchev–Trinajstić information content (AvgIpc) is 2.90. The van der Waals surface area contributed by atoms with Gasteiger partial charge in [-0.2, -0.15) is 13.2 Å². The first-order chi connectivity index (χ1) is 20.8. The molecule has 0 atom stereocenters. The molecule has 0 fully saturated rings. The van der Waals surface area contributed by atoms with Crippen LogP contribution in [0.5, 0.6) is 11.5 Å². The fourth-order valence-corrected chi connectivity index (χ4v) is 4.29. The maximum absolute atomic E-state index is 14.1. The van der Waals surface area contributed by atoms with Crippen LogP contribution in [0, 0.1) is 6.92 Å². The Bertz CT molecular complexity index is 1550. The monoisotopic (exact) mass is 630 g/mol. The summed E-state index contributed by atoms with van der Waals surface area (Å²) in [6.07, 6.45) is -6.27. The second-order valence-corrected chi connectivity index (χ2v) is 12.2. The van der Waals surface area contributed by atoms with Crippen molar-refractivity contribution < 1.29 is 51.2 Å². The Labute approximate surface area is 260 Å². The van der Waals surface area contributed by atoms with Crippen molar-refractivity contribution in [3.63, 3.8) is 0 Å². The van der Waals surface area contributed by atoms with Crippen LogP contribution in [-0.2, 0) is 38.2 Å². The Kier molecular flexibility index (Phi) is 10.6. The molecule has 45 heavy (non-hydrogen) atoms. The fourth-order valence-electron chi connectivity index (χ4n) is 4.29. The highest BCUT2D eigenvalue weighted by molar-refractivity contribution is 5.96. The molecule has 0 heterocycles. The second-order valence-electron chi connectivity index (χ2n) is 12.2. The number of ether oxygens (including phenoxy) is 5. The van der Waals surface area contributed by atoms with Crippen molar-refractivity contribution in [3.8, 4) is 22.6 Å². The molecule has 3 rings (SSSR count). The lowest BCUT2D eigenvalue weighted by Gasteiger charge is -2.24. The molecule has 0 aromatic heterocycles. The van der Waals surface area contributed by atoms with E-state index in [1.165, 1.54) is 27.9 Å². The first-order valence-electron chi connectivity index (χ1n) is 14.0. The summed E-state index contributed by atoms with van der Waals surface area (Å²) in [4.78, 5) is 37.6. The topological polar surface area (TPSA) is 97.4 Å². The predicted octanol–water partition coefficient (Wildman–Crippen LogP) is 8.24. The van der Waals surface area contributed by atoms with Crippen LogP contribution in [0.15, 0.2) is 54.6 Å². The van der Waals surface area contributed by atoms with Gasteiger partial charge in [0, 0.05) is 5.56 Å². The van der Waals surface area contributed by atoms with Crippen molar-refractivity contribution in [2.45, 2.75) is 78.9 Å². The number of carbonyl (C=O) groups excluding carboxylic acids is 3. The Morgan fingerprint density at radius 3 is 1.96 bits per heavy atom. The molecule has 0 amide bonds. The second kappa shape index (κ2) is 13.6. The van der Waals surface area contributed by atoms with Crippen molar-refractivity contribution in [2.75, 3.05) is 7.11 Å². The lowest BCUT2D eigenvalue weighted by molar-refractivity contribution is -0.140. The number of methoxy groups -OCH3 is 1. The van der Waals surface area contributed by atoms with Crippen LogP contribution in [0.1, 0.15) is 74.2 Å². The summed E-state index contributed by atoms with van der Waals surface area (Å²) >= 11 is 0. The smallest absolute Gasteiger partial charge is 0.489 e. The number of halogens is 3. The number of carbonyl (C=O) groups is 3. The van der Waals surface area contributed by atoms with Gasteiger partial charge in [0.2, 0.25) is 0 Å². The molecular formula is C34H37F3O8. The molecule has 0 bridgehead atoms. The molecule has 0 radical (unpaired) electrons. The summed E-state index contributed by atoms with van der Waals surface area (Å²) < 4.78 is 68.4. The van der Waals surface area contributed by atoms with Gasteiger partial charge in [-0.15, -0.1) is 0 Å². The first kappa shape index (κ1) is 34.9. The van der Waals surface area contributed by atoms with Gasteiger partial charge < -0.3 is 23.7 Å². The fraction of sp³-hybridized carbons (Fsp3) is 0.382. The third kappa shape index (κ3) is 9.72. The van der Waals surface area contributed by atoms with Crippen molar-refractivity contribution in [2.24, 2.45) is 0 Å². The van der Waals surface area contributed by atoms with E-state index in [1.807, 2.05) is 25.1 Å². The highest BCUT2D eigenvalue weighted by Crippen LogP contribution is 2.41. The molecule has 0 spiro atoms. The Hall–Kier alpha value is -4.54. The van der Waals surface area contributed by atoms with Gasteiger partial charge in [0.15, 0.2) is 5.75 Å².